The number of rotatable bonds is 5. The highest BCUT2D eigenvalue weighted by molar-refractivity contribution is 7.92. The first kappa shape index (κ1) is 20.1. The Morgan fingerprint density at radius 1 is 1.10 bits per heavy atom. The largest absolute Gasteiger partial charge is 0.350 e. The van der Waals surface area contributed by atoms with Crippen LogP contribution in [0.1, 0.15) is 24.0 Å². The normalized spacial score (nSPS) is 13.8. The van der Waals surface area contributed by atoms with E-state index in [1.165, 1.54) is 12.3 Å². The molecule has 3 heterocycles. The fourth-order valence-electron chi connectivity index (χ4n) is 3.20. The van der Waals surface area contributed by atoms with Gasteiger partial charge >= 0.3 is 0 Å². The lowest BCUT2D eigenvalue weighted by molar-refractivity contribution is 0.509. The van der Waals surface area contributed by atoms with Crippen LogP contribution in [0.25, 0.3) is 0 Å². The van der Waals surface area contributed by atoms with E-state index in [1.54, 1.807) is 6.07 Å². The molecule has 10 heteroatoms. The molecular weight excluding hydrogens is 412 g/mol. The van der Waals surface area contributed by atoms with E-state index in [9.17, 15) is 17.2 Å². The van der Waals surface area contributed by atoms with Crippen LogP contribution >= 0.6 is 0 Å². The van der Waals surface area contributed by atoms with Crippen LogP contribution in [0.5, 0.6) is 0 Å². The molecule has 4 rings (SSSR count). The summed E-state index contributed by atoms with van der Waals surface area (Å²) in [6, 6.07) is 5.84. The third-order valence-corrected chi connectivity index (χ3v) is 6.21. The molecule has 7 nitrogen and oxygen atoms in total. The molecule has 0 spiro atoms. The number of sulfonamides is 1. The van der Waals surface area contributed by atoms with E-state index in [2.05, 4.69) is 19.7 Å². The van der Waals surface area contributed by atoms with Gasteiger partial charge in [-0.2, -0.15) is 0 Å². The number of nitrogens with zero attached hydrogens (tertiary/aromatic N) is 4. The van der Waals surface area contributed by atoms with E-state index < -0.39 is 21.7 Å². The molecule has 156 valence electrons. The summed E-state index contributed by atoms with van der Waals surface area (Å²) in [7, 11) is -3.99. The minimum atomic E-state index is -3.99. The van der Waals surface area contributed by atoms with E-state index in [0.717, 1.165) is 48.1 Å². The number of aryl methyl sites for hydroxylation is 1. The van der Waals surface area contributed by atoms with Crippen molar-refractivity contribution in [3.63, 3.8) is 0 Å². The molecule has 1 aliphatic rings. The molecule has 0 saturated heterocycles. The molecule has 1 aliphatic heterocycles. The van der Waals surface area contributed by atoms with Gasteiger partial charge < -0.3 is 4.90 Å². The Kier molecular flexibility index (Phi) is 5.33. The Hall–Kier alpha value is -3.14. The predicted octanol–water partition coefficient (Wildman–Crippen LogP) is 3.08. The van der Waals surface area contributed by atoms with Crippen LogP contribution in [0.2, 0.25) is 0 Å². The maximum Gasteiger partial charge on any atom is 0.263 e. The number of nitrogens with one attached hydrogen (secondary N) is 1. The van der Waals surface area contributed by atoms with E-state index >= 15 is 0 Å². The van der Waals surface area contributed by atoms with Crippen molar-refractivity contribution in [2.45, 2.75) is 31.2 Å². The molecule has 1 aromatic carbocycles. The highest BCUT2D eigenvalue weighted by Crippen LogP contribution is 2.24. The second-order valence-electron chi connectivity index (χ2n) is 6.87. The lowest BCUT2D eigenvalue weighted by Crippen LogP contribution is -2.32. The van der Waals surface area contributed by atoms with E-state index in [-0.39, 0.29) is 10.6 Å². The number of anilines is 2. The van der Waals surface area contributed by atoms with Gasteiger partial charge in [0.2, 0.25) is 0 Å². The van der Waals surface area contributed by atoms with Crippen molar-refractivity contribution in [1.82, 2.24) is 15.0 Å². The van der Waals surface area contributed by atoms with E-state index in [0.29, 0.717) is 18.9 Å². The van der Waals surface area contributed by atoms with Gasteiger partial charge in [-0.05, 0) is 36.2 Å². The van der Waals surface area contributed by atoms with Gasteiger partial charge in [-0.1, -0.05) is 6.92 Å². The van der Waals surface area contributed by atoms with Gasteiger partial charge in [0.25, 0.3) is 10.0 Å². The van der Waals surface area contributed by atoms with Crippen molar-refractivity contribution in [2.24, 2.45) is 0 Å². The molecule has 2 aromatic heterocycles. The van der Waals surface area contributed by atoms with Crippen LogP contribution in [0.4, 0.5) is 20.3 Å². The highest BCUT2D eigenvalue weighted by Gasteiger charge is 2.21. The van der Waals surface area contributed by atoms with Crippen LogP contribution in [0.3, 0.4) is 0 Å². The zero-order valence-corrected chi connectivity index (χ0v) is 17.0. The fourth-order valence-corrected chi connectivity index (χ4v) is 4.20. The maximum atomic E-state index is 13.3. The van der Waals surface area contributed by atoms with Gasteiger partial charge in [0.05, 0.1) is 17.9 Å². The molecule has 0 bridgehead atoms. The van der Waals surface area contributed by atoms with Crippen LogP contribution in [-0.2, 0) is 29.4 Å². The van der Waals surface area contributed by atoms with Crippen molar-refractivity contribution >= 4 is 21.5 Å². The number of hydrogen-bond donors (Lipinski definition) is 1. The van der Waals surface area contributed by atoms with Crippen molar-refractivity contribution in [1.29, 1.82) is 0 Å². The molecule has 1 N–H and O–H groups in total. The van der Waals surface area contributed by atoms with Crippen LogP contribution in [-0.4, -0.2) is 29.9 Å². The van der Waals surface area contributed by atoms with Crippen LogP contribution in [0.15, 0.2) is 47.6 Å². The topological polar surface area (TPSA) is 88.1 Å². The summed E-state index contributed by atoms with van der Waals surface area (Å²) >= 11 is 0. The third-order valence-electron chi connectivity index (χ3n) is 4.84. The third kappa shape index (κ3) is 4.09. The summed E-state index contributed by atoms with van der Waals surface area (Å²) in [4.78, 5) is 15.1. The predicted molar refractivity (Wildman–Crippen MR) is 108 cm³/mol. The van der Waals surface area contributed by atoms with Gasteiger partial charge in [-0.25, -0.2) is 32.2 Å². The average Bonchev–Trinajstić information content (AvgIpc) is 2.75. The van der Waals surface area contributed by atoms with Crippen LogP contribution in [0, 0.1) is 11.6 Å². The summed E-state index contributed by atoms with van der Waals surface area (Å²) in [6.07, 6.45) is 4.64. The Morgan fingerprint density at radius 3 is 2.63 bits per heavy atom. The van der Waals surface area contributed by atoms with E-state index in [1.807, 2.05) is 18.0 Å². The minimum Gasteiger partial charge on any atom is -0.350 e. The van der Waals surface area contributed by atoms with Gasteiger partial charge in [0.1, 0.15) is 16.5 Å². The van der Waals surface area contributed by atoms with Crippen molar-refractivity contribution < 1.29 is 17.2 Å². The molecule has 0 atom stereocenters. The number of benzene rings is 1. The van der Waals surface area contributed by atoms with Gasteiger partial charge in [0.15, 0.2) is 11.6 Å². The Bertz CT molecular complexity index is 1190. The first-order valence-corrected chi connectivity index (χ1v) is 10.9. The minimum absolute atomic E-state index is 0.0722. The Labute approximate surface area is 172 Å². The molecular formula is C20H19F2N5O2S. The summed E-state index contributed by atoms with van der Waals surface area (Å²) in [5.74, 6) is -0.773. The zero-order valence-electron chi connectivity index (χ0n) is 16.1. The molecule has 30 heavy (non-hydrogen) atoms. The first-order chi connectivity index (χ1) is 14.4. The summed E-state index contributed by atoms with van der Waals surface area (Å²) < 4.78 is 53.6. The van der Waals surface area contributed by atoms with E-state index in [4.69, 9.17) is 0 Å². The molecule has 0 saturated carbocycles. The number of halogens is 2. The number of pyridine rings is 1. The molecule has 3 aromatic rings. The van der Waals surface area contributed by atoms with Gasteiger partial charge in [-0.3, -0.25) is 4.72 Å². The molecule has 0 aliphatic carbocycles. The van der Waals surface area contributed by atoms with Crippen LogP contribution < -0.4 is 9.62 Å². The smallest absolute Gasteiger partial charge is 0.263 e. The molecule has 0 unspecified atom stereocenters. The molecule has 0 fully saturated rings. The standard InChI is InChI=1S/C20H19F2N5O2S/c1-2-19-23-10-13-7-8-27(12-18(13)25-19)20-6-4-15(11-24-20)30(28,29)26-14-3-5-16(21)17(22)9-14/h3-6,9-11,26H,2,7-8,12H2,1H3. The summed E-state index contributed by atoms with van der Waals surface area (Å²) in [6.45, 7) is 3.28. The van der Waals surface area contributed by atoms with Crippen molar-refractivity contribution in [3.05, 3.63) is 71.4 Å². The molecule has 0 radical (unpaired) electrons. The SMILES string of the molecule is CCc1ncc2c(n1)CN(c1ccc(S(=O)(=O)Nc3ccc(F)c(F)c3)cn1)CC2. The highest BCUT2D eigenvalue weighted by atomic mass is 32.2. The van der Waals surface area contributed by atoms with Gasteiger partial charge in [0, 0.05) is 31.4 Å². The van der Waals surface area contributed by atoms with Gasteiger partial charge in [-0.15, -0.1) is 0 Å². The second kappa shape index (κ2) is 7.94. The Balaban J connectivity index is 1.51. The summed E-state index contributed by atoms with van der Waals surface area (Å²) in [5, 5.41) is 0. The van der Waals surface area contributed by atoms with Crippen molar-refractivity contribution in [2.75, 3.05) is 16.2 Å². The monoisotopic (exact) mass is 431 g/mol. The lowest BCUT2D eigenvalue weighted by Gasteiger charge is -2.29. The fraction of sp³-hybridized carbons (Fsp3) is 0.250. The summed E-state index contributed by atoms with van der Waals surface area (Å²) in [5.41, 5.74) is 1.99. The zero-order chi connectivity index (χ0) is 21.3. The number of aromatic nitrogens is 3. The number of fused-ring (bicyclic) bond motifs is 1. The second-order valence-corrected chi connectivity index (χ2v) is 8.55. The van der Waals surface area contributed by atoms with Crippen molar-refractivity contribution in [3.8, 4) is 0 Å². The lowest BCUT2D eigenvalue weighted by atomic mass is 10.1. The average molecular weight is 431 g/mol. The molecule has 0 amide bonds. The quantitative estimate of drug-likeness (QED) is 0.668. The first-order valence-electron chi connectivity index (χ1n) is 9.38. The Morgan fingerprint density at radius 2 is 1.93 bits per heavy atom. The maximum absolute atomic E-state index is 13.3. The number of hydrogen-bond acceptors (Lipinski definition) is 6.